The summed E-state index contributed by atoms with van der Waals surface area (Å²) in [5.41, 5.74) is -0.0337. The van der Waals surface area contributed by atoms with Gasteiger partial charge in [0.05, 0.1) is 12.4 Å². The number of aromatic nitrogens is 2. The van der Waals surface area contributed by atoms with Crippen molar-refractivity contribution >= 4 is 11.8 Å². The van der Waals surface area contributed by atoms with Crippen LogP contribution in [0.1, 0.15) is 36.2 Å². The Hall–Kier alpha value is -1.69. The molecule has 0 amide bonds. The maximum atomic E-state index is 10.6. The first kappa shape index (κ1) is 13.7. The molecular weight excluding hydrogens is 244 g/mol. The molecule has 1 fully saturated rings. The van der Waals surface area contributed by atoms with Crippen molar-refractivity contribution in [1.82, 2.24) is 14.9 Å². The fourth-order valence-corrected chi connectivity index (χ4v) is 2.42. The highest BCUT2D eigenvalue weighted by Crippen LogP contribution is 2.21. The van der Waals surface area contributed by atoms with Crippen molar-refractivity contribution < 1.29 is 9.90 Å². The van der Waals surface area contributed by atoms with Gasteiger partial charge in [-0.05, 0) is 19.9 Å². The van der Waals surface area contributed by atoms with E-state index in [4.69, 9.17) is 5.11 Å². The molecule has 0 atom stereocenters. The molecule has 6 heteroatoms. The lowest BCUT2D eigenvalue weighted by molar-refractivity contribution is 0.0690. The van der Waals surface area contributed by atoms with E-state index in [9.17, 15) is 4.79 Å². The molecule has 1 saturated carbocycles. The lowest BCUT2D eigenvalue weighted by Gasteiger charge is -2.23. The van der Waals surface area contributed by atoms with E-state index in [1.807, 2.05) is 0 Å². The van der Waals surface area contributed by atoms with Crippen molar-refractivity contribution in [3.63, 3.8) is 0 Å². The minimum absolute atomic E-state index is 0.0337. The zero-order valence-electron chi connectivity index (χ0n) is 11.2. The number of anilines is 1. The van der Waals surface area contributed by atoms with Gasteiger partial charge in [0.25, 0.3) is 0 Å². The van der Waals surface area contributed by atoms with Gasteiger partial charge < -0.3 is 15.3 Å². The normalized spacial score (nSPS) is 15.9. The van der Waals surface area contributed by atoms with Gasteiger partial charge in [-0.2, -0.15) is 0 Å². The van der Waals surface area contributed by atoms with Gasteiger partial charge in [0.15, 0.2) is 5.69 Å². The van der Waals surface area contributed by atoms with Crippen LogP contribution in [0.5, 0.6) is 0 Å². The largest absolute Gasteiger partial charge is 0.476 e. The molecule has 2 rings (SSSR count). The van der Waals surface area contributed by atoms with Crippen LogP contribution in [-0.4, -0.2) is 52.1 Å². The third kappa shape index (κ3) is 3.89. The summed E-state index contributed by atoms with van der Waals surface area (Å²) in [6, 6.07) is 0.710. The summed E-state index contributed by atoms with van der Waals surface area (Å²) in [5, 5.41) is 11.9. The lowest BCUT2D eigenvalue weighted by Crippen LogP contribution is -2.33. The van der Waals surface area contributed by atoms with Gasteiger partial charge in [-0.1, -0.05) is 12.8 Å². The summed E-state index contributed by atoms with van der Waals surface area (Å²) < 4.78 is 0. The first-order valence-electron chi connectivity index (χ1n) is 6.66. The number of nitrogens with one attached hydrogen (secondary N) is 1. The average molecular weight is 264 g/mol. The molecule has 0 spiro atoms. The van der Waals surface area contributed by atoms with Crippen LogP contribution in [-0.2, 0) is 0 Å². The SMILES string of the molecule is CN(CCNc1cnc(C(=O)O)cn1)C1CCCC1. The summed E-state index contributed by atoms with van der Waals surface area (Å²) in [5.74, 6) is -0.440. The predicted molar refractivity (Wildman–Crippen MR) is 72.4 cm³/mol. The molecule has 0 unspecified atom stereocenters. The Labute approximate surface area is 112 Å². The fraction of sp³-hybridized carbons (Fsp3) is 0.615. The number of carbonyl (C=O) groups is 1. The number of likely N-dealkylation sites (N-methyl/N-ethyl adjacent to an activating group) is 1. The molecule has 1 heterocycles. The molecule has 0 aliphatic heterocycles. The maximum Gasteiger partial charge on any atom is 0.356 e. The number of nitrogens with zero attached hydrogens (tertiary/aromatic N) is 3. The first-order valence-corrected chi connectivity index (χ1v) is 6.66. The summed E-state index contributed by atoms with van der Waals surface area (Å²) in [6.45, 7) is 1.74. The summed E-state index contributed by atoms with van der Waals surface area (Å²) in [7, 11) is 2.15. The van der Waals surface area contributed by atoms with Crippen molar-refractivity contribution in [3.8, 4) is 0 Å². The van der Waals surface area contributed by atoms with Crippen LogP contribution in [0, 0.1) is 0 Å². The van der Waals surface area contributed by atoms with Crippen LogP contribution in [0.2, 0.25) is 0 Å². The third-order valence-corrected chi connectivity index (χ3v) is 3.59. The predicted octanol–water partition coefficient (Wildman–Crippen LogP) is 1.46. The van der Waals surface area contributed by atoms with E-state index in [1.54, 1.807) is 0 Å². The van der Waals surface area contributed by atoms with E-state index in [2.05, 4.69) is 27.2 Å². The molecule has 1 aliphatic rings. The molecule has 1 aliphatic carbocycles. The Bertz CT molecular complexity index is 415. The van der Waals surface area contributed by atoms with E-state index >= 15 is 0 Å². The highest BCUT2D eigenvalue weighted by molar-refractivity contribution is 5.84. The second-order valence-corrected chi connectivity index (χ2v) is 4.94. The van der Waals surface area contributed by atoms with Crippen LogP contribution >= 0.6 is 0 Å². The first-order chi connectivity index (χ1) is 9.16. The van der Waals surface area contributed by atoms with Crippen LogP contribution in [0.15, 0.2) is 12.4 Å². The molecule has 1 aromatic heterocycles. The Balaban J connectivity index is 1.74. The number of aromatic carboxylic acids is 1. The summed E-state index contributed by atoms with van der Waals surface area (Å²) >= 11 is 0. The zero-order chi connectivity index (χ0) is 13.7. The van der Waals surface area contributed by atoms with Gasteiger partial charge in [0.2, 0.25) is 0 Å². The van der Waals surface area contributed by atoms with Crippen LogP contribution in [0.4, 0.5) is 5.82 Å². The average Bonchev–Trinajstić information content (AvgIpc) is 2.93. The zero-order valence-corrected chi connectivity index (χ0v) is 11.2. The molecule has 2 N–H and O–H groups in total. The molecule has 104 valence electrons. The molecule has 0 aromatic carbocycles. The molecule has 6 nitrogen and oxygen atoms in total. The Morgan fingerprint density at radius 2 is 2.16 bits per heavy atom. The van der Waals surface area contributed by atoms with Gasteiger partial charge in [-0.25, -0.2) is 14.8 Å². The quantitative estimate of drug-likeness (QED) is 0.810. The number of carboxylic acid groups (broad SMARTS) is 1. The minimum Gasteiger partial charge on any atom is -0.476 e. The van der Waals surface area contributed by atoms with Crippen LogP contribution in [0.25, 0.3) is 0 Å². The maximum absolute atomic E-state index is 10.6. The van der Waals surface area contributed by atoms with E-state index in [-0.39, 0.29) is 5.69 Å². The smallest absolute Gasteiger partial charge is 0.356 e. The lowest BCUT2D eigenvalue weighted by atomic mass is 10.2. The molecule has 0 saturated heterocycles. The van der Waals surface area contributed by atoms with Gasteiger partial charge in [-0.15, -0.1) is 0 Å². The van der Waals surface area contributed by atoms with Crippen molar-refractivity contribution in [3.05, 3.63) is 18.1 Å². The summed E-state index contributed by atoms with van der Waals surface area (Å²) in [4.78, 5) is 20.8. The van der Waals surface area contributed by atoms with Gasteiger partial charge in [0, 0.05) is 19.1 Å². The van der Waals surface area contributed by atoms with E-state index in [1.165, 1.54) is 38.1 Å². The van der Waals surface area contributed by atoms with Crippen LogP contribution in [0.3, 0.4) is 0 Å². The minimum atomic E-state index is -1.06. The number of carboxylic acids is 1. The van der Waals surface area contributed by atoms with Gasteiger partial charge in [0.1, 0.15) is 5.82 Å². The monoisotopic (exact) mass is 264 g/mol. The Morgan fingerprint density at radius 1 is 1.42 bits per heavy atom. The van der Waals surface area contributed by atoms with E-state index < -0.39 is 5.97 Å². The van der Waals surface area contributed by atoms with Crippen molar-refractivity contribution in [2.75, 3.05) is 25.5 Å². The number of rotatable bonds is 6. The van der Waals surface area contributed by atoms with E-state index in [0.29, 0.717) is 11.9 Å². The molecule has 0 radical (unpaired) electrons. The number of hydrogen-bond donors (Lipinski definition) is 2. The third-order valence-electron chi connectivity index (χ3n) is 3.59. The highest BCUT2D eigenvalue weighted by Gasteiger charge is 2.18. The summed E-state index contributed by atoms with van der Waals surface area (Å²) in [6.07, 6.45) is 7.99. The van der Waals surface area contributed by atoms with Gasteiger partial charge in [-0.3, -0.25) is 0 Å². The number of hydrogen-bond acceptors (Lipinski definition) is 5. The molecule has 1 aromatic rings. The van der Waals surface area contributed by atoms with Crippen LogP contribution < -0.4 is 5.32 Å². The highest BCUT2D eigenvalue weighted by atomic mass is 16.4. The Kier molecular flexibility index (Phi) is 4.68. The Morgan fingerprint density at radius 3 is 2.74 bits per heavy atom. The van der Waals surface area contributed by atoms with E-state index in [0.717, 1.165) is 13.1 Å². The second-order valence-electron chi connectivity index (χ2n) is 4.94. The molecule has 0 bridgehead atoms. The molecular formula is C13H20N4O2. The van der Waals surface area contributed by atoms with Crippen molar-refractivity contribution in [1.29, 1.82) is 0 Å². The standard InChI is InChI=1S/C13H20N4O2/c1-17(10-4-2-3-5-10)7-6-14-12-9-15-11(8-16-12)13(18)19/h8-10H,2-7H2,1H3,(H,14,16)(H,18,19). The fourth-order valence-electron chi connectivity index (χ4n) is 2.42. The second kappa shape index (κ2) is 6.47. The van der Waals surface area contributed by atoms with Gasteiger partial charge >= 0.3 is 5.97 Å². The van der Waals surface area contributed by atoms with Crippen molar-refractivity contribution in [2.24, 2.45) is 0 Å². The van der Waals surface area contributed by atoms with Crippen molar-refractivity contribution in [2.45, 2.75) is 31.7 Å². The topological polar surface area (TPSA) is 78.4 Å². The molecule has 19 heavy (non-hydrogen) atoms.